The van der Waals surface area contributed by atoms with E-state index < -0.39 is 7.60 Å². The van der Waals surface area contributed by atoms with Crippen LogP contribution < -0.4 is 0 Å². The zero-order valence-electron chi connectivity index (χ0n) is 17.1. The minimum absolute atomic E-state index is 0.331. The van der Waals surface area contributed by atoms with Gasteiger partial charge in [0.05, 0.1) is 6.61 Å². The topological polar surface area (TPSA) is 46.5 Å². The smallest absolute Gasteiger partial charge is 0.324 e. The molecule has 1 atom stereocenters. The van der Waals surface area contributed by atoms with E-state index in [2.05, 4.69) is 13.8 Å². The first-order valence-electron chi connectivity index (χ1n) is 11.1. The van der Waals surface area contributed by atoms with Crippen LogP contribution in [0.2, 0.25) is 0 Å². The van der Waals surface area contributed by atoms with Gasteiger partial charge in [0.25, 0.3) is 0 Å². The van der Waals surface area contributed by atoms with Crippen LogP contribution in [0.15, 0.2) is 0 Å². The molecule has 1 N–H and O–H groups in total. The van der Waals surface area contributed by atoms with Gasteiger partial charge in [-0.05, 0) is 12.8 Å². The minimum Gasteiger partial charge on any atom is -0.324 e. The first kappa shape index (κ1) is 25.1. The molecule has 0 radical (unpaired) electrons. The molecule has 0 bridgehead atoms. The lowest BCUT2D eigenvalue weighted by atomic mass is 10.1. The maximum Gasteiger partial charge on any atom is 0.328 e. The van der Waals surface area contributed by atoms with Crippen molar-refractivity contribution in [1.82, 2.24) is 0 Å². The highest BCUT2D eigenvalue weighted by Crippen LogP contribution is 2.43. The molecular formula is C21H45O3P. The molecule has 0 rings (SSSR count). The van der Waals surface area contributed by atoms with Crippen molar-refractivity contribution in [2.75, 3.05) is 12.8 Å². The number of hydrogen-bond acceptors (Lipinski definition) is 2. The largest absolute Gasteiger partial charge is 0.328 e. The molecule has 0 aliphatic carbocycles. The molecule has 0 aromatic carbocycles. The van der Waals surface area contributed by atoms with E-state index in [1.165, 1.54) is 83.5 Å². The van der Waals surface area contributed by atoms with Crippen LogP contribution in [0.3, 0.4) is 0 Å². The Bertz CT molecular complexity index is 308. The van der Waals surface area contributed by atoms with Gasteiger partial charge >= 0.3 is 7.60 Å². The van der Waals surface area contributed by atoms with Crippen LogP contribution in [0.4, 0.5) is 0 Å². The molecule has 0 aromatic heterocycles. The van der Waals surface area contributed by atoms with Crippen molar-refractivity contribution < 1.29 is 14.0 Å². The van der Waals surface area contributed by atoms with Gasteiger partial charge in [0.1, 0.15) is 0 Å². The molecule has 0 aliphatic rings. The third-order valence-corrected chi connectivity index (χ3v) is 6.30. The molecular weight excluding hydrogens is 331 g/mol. The Morgan fingerprint density at radius 3 is 1.40 bits per heavy atom. The fraction of sp³-hybridized carbons (Fsp3) is 1.00. The minimum atomic E-state index is -3.33. The molecule has 1 unspecified atom stereocenters. The van der Waals surface area contributed by atoms with E-state index in [4.69, 9.17) is 4.52 Å². The van der Waals surface area contributed by atoms with Crippen molar-refractivity contribution in [3.05, 3.63) is 0 Å². The van der Waals surface area contributed by atoms with Gasteiger partial charge in [0.2, 0.25) is 0 Å². The third kappa shape index (κ3) is 20.3. The molecule has 0 aromatic rings. The summed E-state index contributed by atoms with van der Waals surface area (Å²) in [5, 5.41) is 0. The second-order valence-electron chi connectivity index (χ2n) is 7.50. The van der Waals surface area contributed by atoms with E-state index in [9.17, 15) is 9.46 Å². The highest BCUT2D eigenvalue weighted by molar-refractivity contribution is 7.52. The van der Waals surface area contributed by atoms with Crippen LogP contribution >= 0.6 is 7.60 Å². The van der Waals surface area contributed by atoms with Crippen molar-refractivity contribution >= 4 is 7.60 Å². The molecule has 152 valence electrons. The second-order valence-corrected chi connectivity index (χ2v) is 9.48. The highest BCUT2D eigenvalue weighted by atomic mass is 31.2. The zero-order valence-corrected chi connectivity index (χ0v) is 18.0. The summed E-state index contributed by atoms with van der Waals surface area (Å²) in [6.07, 6.45) is 21.3. The predicted molar refractivity (Wildman–Crippen MR) is 110 cm³/mol. The first-order valence-corrected chi connectivity index (χ1v) is 12.8. The molecule has 0 saturated heterocycles. The third-order valence-electron chi connectivity index (χ3n) is 4.84. The summed E-state index contributed by atoms with van der Waals surface area (Å²) in [5.41, 5.74) is 0. The van der Waals surface area contributed by atoms with E-state index in [-0.39, 0.29) is 0 Å². The Morgan fingerprint density at radius 2 is 0.960 bits per heavy atom. The van der Waals surface area contributed by atoms with Crippen LogP contribution in [0, 0.1) is 0 Å². The Balaban J connectivity index is 3.30. The van der Waals surface area contributed by atoms with Crippen molar-refractivity contribution in [2.45, 2.75) is 123 Å². The van der Waals surface area contributed by atoms with Crippen LogP contribution in [0.1, 0.15) is 123 Å². The SMILES string of the molecule is CCCCCCCCCCCCCOP(=O)(O)CCCCCCCC. The van der Waals surface area contributed by atoms with Gasteiger partial charge in [-0.15, -0.1) is 0 Å². The van der Waals surface area contributed by atoms with Gasteiger partial charge in [-0.1, -0.05) is 110 Å². The molecule has 25 heavy (non-hydrogen) atoms. The quantitative estimate of drug-likeness (QED) is 0.174. The van der Waals surface area contributed by atoms with E-state index >= 15 is 0 Å². The fourth-order valence-electron chi connectivity index (χ4n) is 3.13. The summed E-state index contributed by atoms with van der Waals surface area (Å²) in [4.78, 5) is 9.81. The number of unbranched alkanes of at least 4 members (excludes halogenated alkanes) is 15. The van der Waals surface area contributed by atoms with Crippen LogP contribution in [0.25, 0.3) is 0 Å². The maximum atomic E-state index is 11.9. The zero-order chi connectivity index (χ0) is 18.6. The van der Waals surface area contributed by atoms with E-state index in [0.29, 0.717) is 12.8 Å². The van der Waals surface area contributed by atoms with Gasteiger partial charge in [0.15, 0.2) is 0 Å². The normalized spacial score (nSPS) is 13.9. The molecule has 0 spiro atoms. The number of hydrogen-bond donors (Lipinski definition) is 1. The maximum absolute atomic E-state index is 11.9. The summed E-state index contributed by atoms with van der Waals surface area (Å²) in [6, 6.07) is 0. The monoisotopic (exact) mass is 376 g/mol. The van der Waals surface area contributed by atoms with Crippen molar-refractivity contribution in [3.63, 3.8) is 0 Å². The average Bonchev–Trinajstić information content (AvgIpc) is 2.59. The lowest BCUT2D eigenvalue weighted by molar-refractivity contribution is 0.251. The molecule has 0 amide bonds. The van der Waals surface area contributed by atoms with E-state index in [1.54, 1.807) is 0 Å². The van der Waals surface area contributed by atoms with Gasteiger partial charge < -0.3 is 9.42 Å². The van der Waals surface area contributed by atoms with Gasteiger partial charge in [0, 0.05) is 6.16 Å². The Hall–Kier alpha value is 0.150. The highest BCUT2D eigenvalue weighted by Gasteiger charge is 2.17. The predicted octanol–water partition coefficient (Wildman–Crippen LogP) is 7.86. The van der Waals surface area contributed by atoms with Crippen LogP contribution in [-0.2, 0) is 9.09 Å². The lowest BCUT2D eigenvalue weighted by Crippen LogP contribution is -1.97. The molecule has 3 nitrogen and oxygen atoms in total. The van der Waals surface area contributed by atoms with E-state index in [0.717, 1.165) is 25.7 Å². The van der Waals surface area contributed by atoms with Crippen molar-refractivity contribution in [2.24, 2.45) is 0 Å². The molecule has 0 saturated carbocycles. The first-order chi connectivity index (χ1) is 12.1. The van der Waals surface area contributed by atoms with Crippen molar-refractivity contribution in [3.8, 4) is 0 Å². The molecule has 4 heteroatoms. The molecule has 0 heterocycles. The van der Waals surface area contributed by atoms with Gasteiger partial charge in [-0.2, -0.15) is 0 Å². The second kappa shape index (κ2) is 18.9. The van der Waals surface area contributed by atoms with E-state index in [1.807, 2.05) is 0 Å². The Kier molecular flexibility index (Phi) is 19.0. The van der Waals surface area contributed by atoms with Gasteiger partial charge in [-0.3, -0.25) is 4.57 Å². The Labute approximate surface area is 157 Å². The lowest BCUT2D eigenvalue weighted by Gasteiger charge is -2.12. The van der Waals surface area contributed by atoms with Crippen LogP contribution in [-0.4, -0.2) is 17.7 Å². The van der Waals surface area contributed by atoms with Crippen molar-refractivity contribution in [1.29, 1.82) is 0 Å². The summed E-state index contributed by atoms with van der Waals surface area (Å²) in [5.74, 6) is 0. The van der Waals surface area contributed by atoms with Crippen LogP contribution in [0.5, 0.6) is 0 Å². The summed E-state index contributed by atoms with van der Waals surface area (Å²) in [7, 11) is -3.33. The number of rotatable bonds is 20. The molecule has 0 aliphatic heterocycles. The Morgan fingerprint density at radius 1 is 0.600 bits per heavy atom. The standard InChI is InChI=1S/C21H45O3P/c1-3-5-7-9-11-12-13-14-15-16-18-20-24-25(22,23)21-19-17-10-8-6-4-2/h3-21H2,1-2H3,(H,22,23). The summed E-state index contributed by atoms with van der Waals surface area (Å²) in [6.45, 7) is 4.90. The fourth-order valence-corrected chi connectivity index (χ4v) is 4.30. The summed E-state index contributed by atoms with van der Waals surface area (Å²) >= 11 is 0. The van der Waals surface area contributed by atoms with Gasteiger partial charge in [-0.25, -0.2) is 0 Å². The average molecular weight is 377 g/mol. The molecule has 0 fully saturated rings. The summed E-state index contributed by atoms with van der Waals surface area (Å²) < 4.78 is 17.2.